The van der Waals surface area contributed by atoms with Crippen LogP contribution in [0.25, 0.3) is 0 Å². The van der Waals surface area contributed by atoms with Crippen LogP contribution in [-0.4, -0.2) is 33.5 Å². The van der Waals surface area contributed by atoms with Crippen molar-refractivity contribution < 1.29 is 9.90 Å². The maximum atomic E-state index is 11.1. The topological polar surface area (TPSA) is 53.4 Å². The molecule has 94 valence electrons. The fraction of sp³-hybridized carbons (Fsp3) is 0.667. The van der Waals surface area contributed by atoms with Crippen molar-refractivity contribution >= 4 is 17.3 Å². The molecule has 5 heteroatoms. The molecule has 1 aliphatic heterocycles. The minimum atomic E-state index is -0.707. The van der Waals surface area contributed by atoms with Crippen LogP contribution in [-0.2, 0) is 11.3 Å². The van der Waals surface area contributed by atoms with Gasteiger partial charge in [0.1, 0.15) is 6.04 Å². The molecule has 2 heterocycles. The molecule has 0 saturated carbocycles. The van der Waals surface area contributed by atoms with Gasteiger partial charge in [0.15, 0.2) is 0 Å². The summed E-state index contributed by atoms with van der Waals surface area (Å²) in [5, 5.41) is 12.3. The zero-order valence-corrected chi connectivity index (χ0v) is 11.0. The molecular formula is C12H18N2O2S. The Bertz CT molecular complexity index is 403. The first-order valence-corrected chi connectivity index (χ1v) is 6.87. The lowest BCUT2D eigenvalue weighted by Gasteiger charge is -2.19. The van der Waals surface area contributed by atoms with Crippen LogP contribution in [0.3, 0.4) is 0 Å². The molecule has 1 aromatic heterocycles. The number of nitrogens with zero attached hydrogens (tertiary/aromatic N) is 2. The first-order chi connectivity index (χ1) is 8.08. The third kappa shape index (κ3) is 2.84. The van der Waals surface area contributed by atoms with E-state index in [0.29, 0.717) is 12.5 Å². The summed E-state index contributed by atoms with van der Waals surface area (Å²) in [4.78, 5) is 17.6. The predicted octanol–water partition coefficient (Wildman–Crippen LogP) is 2.32. The second-order valence-electron chi connectivity index (χ2n) is 4.80. The second kappa shape index (κ2) is 5.14. The van der Waals surface area contributed by atoms with Crippen LogP contribution >= 0.6 is 11.3 Å². The summed E-state index contributed by atoms with van der Waals surface area (Å²) in [5.41, 5.74) is 1.01. The molecule has 0 bridgehead atoms. The average molecular weight is 254 g/mol. The SMILES string of the molecule is CC(C)c1nc(CN2CCC[C@@H]2C(=O)O)cs1. The molecule has 1 fully saturated rings. The number of carboxylic acid groups (broad SMARTS) is 1. The van der Waals surface area contributed by atoms with Gasteiger partial charge in [-0.25, -0.2) is 4.98 Å². The molecule has 0 amide bonds. The standard InChI is InChI=1S/C12H18N2O2S/c1-8(2)11-13-9(7-17-11)6-14-5-3-4-10(14)12(15)16/h7-8,10H,3-6H2,1-2H3,(H,15,16)/t10-/m1/s1. The summed E-state index contributed by atoms with van der Waals surface area (Å²) in [5.74, 6) is -0.260. The number of likely N-dealkylation sites (tertiary alicyclic amines) is 1. The molecule has 17 heavy (non-hydrogen) atoms. The van der Waals surface area contributed by atoms with Crippen molar-refractivity contribution in [3.05, 3.63) is 16.1 Å². The highest BCUT2D eigenvalue weighted by Gasteiger charge is 2.30. The van der Waals surface area contributed by atoms with Crippen LogP contribution in [0.15, 0.2) is 5.38 Å². The zero-order valence-electron chi connectivity index (χ0n) is 10.2. The number of hydrogen-bond acceptors (Lipinski definition) is 4. The average Bonchev–Trinajstić information content (AvgIpc) is 2.86. The largest absolute Gasteiger partial charge is 0.480 e. The van der Waals surface area contributed by atoms with Crippen LogP contribution in [0.2, 0.25) is 0 Å². The first kappa shape index (κ1) is 12.5. The van der Waals surface area contributed by atoms with E-state index in [0.717, 1.165) is 30.1 Å². The van der Waals surface area contributed by atoms with Crippen LogP contribution in [0, 0.1) is 0 Å². The number of rotatable bonds is 4. The van der Waals surface area contributed by atoms with Gasteiger partial charge in [0, 0.05) is 17.8 Å². The molecule has 1 aliphatic rings. The van der Waals surface area contributed by atoms with Crippen LogP contribution in [0.5, 0.6) is 0 Å². The van der Waals surface area contributed by atoms with E-state index in [1.165, 1.54) is 0 Å². The highest BCUT2D eigenvalue weighted by Crippen LogP contribution is 2.23. The fourth-order valence-corrected chi connectivity index (χ4v) is 2.99. The number of aromatic nitrogens is 1. The van der Waals surface area contributed by atoms with Gasteiger partial charge in [0.2, 0.25) is 0 Å². The number of carboxylic acids is 1. The summed E-state index contributed by atoms with van der Waals surface area (Å²) in [6.07, 6.45) is 1.73. The Kier molecular flexibility index (Phi) is 3.79. The molecule has 2 rings (SSSR count). The Labute approximate surface area is 105 Å². The van der Waals surface area contributed by atoms with Gasteiger partial charge in [0.05, 0.1) is 10.7 Å². The van der Waals surface area contributed by atoms with E-state index in [4.69, 9.17) is 5.11 Å². The molecule has 0 unspecified atom stereocenters. The highest BCUT2D eigenvalue weighted by molar-refractivity contribution is 7.09. The van der Waals surface area contributed by atoms with Crippen molar-refractivity contribution in [2.45, 2.75) is 45.2 Å². The molecule has 1 atom stereocenters. The van der Waals surface area contributed by atoms with Crippen molar-refractivity contribution in [3.8, 4) is 0 Å². The number of hydrogen-bond donors (Lipinski definition) is 1. The Hall–Kier alpha value is -0.940. The maximum absolute atomic E-state index is 11.1. The van der Waals surface area contributed by atoms with Gasteiger partial charge < -0.3 is 5.11 Å². The molecule has 0 spiro atoms. The van der Waals surface area contributed by atoms with Gasteiger partial charge in [-0.05, 0) is 19.4 Å². The third-order valence-electron chi connectivity index (χ3n) is 3.08. The van der Waals surface area contributed by atoms with Crippen LogP contribution in [0.1, 0.15) is 43.3 Å². The van der Waals surface area contributed by atoms with Gasteiger partial charge in [0.25, 0.3) is 0 Å². The van der Waals surface area contributed by atoms with E-state index in [-0.39, 0.29) is 6.04 Å². The Morgan fingerprint density at radius 3 is 3.06 bits per heavy atom. The van der Waals surface area contributed by atoms with E-state index in [9.17, 15) is 4.79 Å². The van der Waals surface area contributed by atoms with Gasteiger partial charge in [-0.2, -0.15) is 0 Å². The molecule has 0 radical (unpaired) electrons. The first-order valence-electron chi connectivity index (χ1n) is 5.99. The zero-order chi connectivity index (χ0) is 12.4. The van der Waals surface area contributed by atoms with Crippen LogP contribution in [0.4, 0.5) is 0 Å². The van der Waals surface area contributed by atoms with Crippen molar-refractivity contribution in [2.75, 3.05) is 6.54 Å². The molecule has 0 aliphatic carbocycles. The molecule has 1 aromatic rings. The van der Waals surface area contributed by atoms with E-state index in [2.05, 4.69) is 18.8 Å². The number of carbonyl (C=O) groups is 1. The summed E-state index contributed by atoms with van der Waals surface area (Å²) in [6, 6.07) is -0.320. The quantitative estimate of drug-likeness (QED) is 0.896. The normalized spacial score (nSPS) is 21.2. The van der Waals surface area contributed by atoms with Gasteiger partial charge in [-0.3, -0.25) is 9.69 Å². The minimum Gasteiger partial charge on any atom is -0.480 e. The van der Waals surface area contributed by atoms with E-state index < -0.39 is 5.97 Å². The summed E-state index contributed by atoms with van der Waals surface area (Å²) in [7, 11) is 0. The Balaban J connectivity index is 2.02. The lowest BCUT2D eigenvalue weighted by molar-refractivity contribution is -0.142. The van der Waals surface area contributed by atoms with E-state index >= 15 is 0 Å². The number of thiazole rings is 1. The Morgan fingerprint density at radius 2 is 2.47 bits per heavy atom. The van der Waals surface area contributed by atoms with Crippen molar-refractivity contribution in [1.82, 2.24) is 9.88 Å². The maximum Gasteiger partial charge on any atom is 0.320 e. The molecule has 1 N–H and O–H groups in total. The number of aliphatic carboxylic acids is 1. The minimum absolute atomic E-state index is 0.320. The molecule has 1 saturated heterocycles. The molecule has 0 aromatic carbocycles. The smallest absolute Gasteiger partial charge is 0.320 e. The van der Waals surface area contributed by atoms with Crippen LogP contribution < -0.4 is 0 Å². The van der Waals surface area contributed by atoms with Crippen molar-refractivity contribution in [2.24, 2.45) is 0 Å². The van der Waals surface area contributed by atoms with E-state index in [1.807, 2.05) is 10.3 Å². The van der Waals surface area contributed by atoms with Crippen molar-refractivity contribution in [1.29, 1.82) is 0 Å². The lowest BCUT2D eigenvalue weighted by atomic mass is 10.2. The third-order valence-corrected chi connectivity index (χ3v) is 4.27. The lowest BCUT2D eigenvalue weighted by Crippen LogP contribution is -2.35. The summed E-state index contributed by atoms with van der Waals surface area (Å²) < 4.78 is 0. The fourth-order valence-electron chi connectivity index (χ4n) is 2.16. The van der Waals surface area contributed by atoms with Gasteiger partial charge >= 0.3 is 5.97 Å². The summed E-state index contributed by atoms with van der Waals surface area (Å²) in [6.45, 7) is 5.78. The van der Waals surface area contributed by atoms with E-state index in [1.54, 1.807) is 11.3 Å². The molecule has 4 nitrogen and oxygen atoms in total. The van der Waals surface area contributed by atoms with Gasteiger partial charge in [-0.15, -0.1) is 11.3 Å². The molecular weight excluding hydrogens is 236 g/mol. The highest BCUT2D eigenvalue weighted by atomic mass is 32.1. The monoisotopic (exact) mass is 254 g/mol. The predicted molar refractivity (Wildman–Crippen MR) is 67.3 cm³/mol. The Morgan fingerprint density at radius 1 is 1.71 bits per heavy atom. The van der Waals surface area contributed by atoms with Crippen molar-refractivity contribution in [3.63, 3.8) is 0 Å². The summed E-state index contributed by atoms with van der Waals surface area (Å²) >= 11 is 1.67. The second-order valence-corrected chi connectivity index (χ2v) is 5.69. The van der Waals surface area contributed by atoms with Gasteiger partial charge in [-0.1, -0.05) is 13.8 Å².